The van der Waals surface area contributed by atoms with Crippen LogP contribution in [-0.2, 0) is 27.7 Å². The topological polar surface area (TPSA) is 115 Å². The number of nitrogens with zero attached hydrogens (tertiary/aromatic N) is 3. The van der Waals surface area contributed by atoms with E-state index in [-0.39, 0.29) is 23.3 Å². The Kier molecular flexibility index (Phi) is 7.15. The van der Waals surface area contributed by atoms with Crippen molar-refractivity contribution < 1.29 is 22.5 Å². The van der Waals surface area contributed by atoms with Crippen LogP contribution in [0.1, 0.15) is 42.6 Å². The third-order valence-corrected chi connectivity index (χ3v) is 8.03. The lowest BCUT2D eigenvalue weighted by molar-refractivity contribution is -0.118. The molecule has 5 rings (SSSR count). The van der Waals surface area contributed by atoms with Gasteiger partial charge in [0.15, 0.2) is 12.4 Å². The molecule has 0 radical (unpaired) electrons. The lowest BCUT2D eigenvalue weighted by atomic mass is 10.1. The third-order valence-electron chi connectivity index (χ3n) is 6.20. The molecule has 1 aliphatic heterocycles. The molecule has 38 heavy (non-hydrogen) atoms. The number of anilines is 2. The Balaban J connectivity index is 1.13. The summed E-state index contributed by atoms with van der Waals surface area (Å²) in [5, 5.41) is 6.78. The van der Waals surface area contributed by atoms with Crippen molar-refractivity contribution in [1.82, 2.24) is 10.1 Å². The summed E-state index contributed by atoms with van der Waals surface area (Å²) in [5.41, 5.74) is 3.35. The highest BCUT2D eigenvalue weighted by molar-refractivity contribution is 7.92. The number of hydrogen-bond acceptors (Lipinski definition) is 7. The zero-order valence-corrected chi connectivity index (χ0v) is 21.9. The second-order valence-electron chi connectivity index (χ2n) is 9.34. The van der Waals surface area contributed by atoms with Crippen molar-refractivity contribution in [3.8, 4) is 5.75 Å². The van der Waals surface area contributed by atoms with Crippen molar-refractivity contribution in [1.29, 1.82) is 0 Å². The summed E-state index contributed by atoms with van der Waals surface area (Å²) < 4.78 is 38.5. The van der Waals surface area contributed by atoms with Crippen LogP contribution in [-0.4, -0.2) is 37.6 Å². The molecule has 4 aromatic rings. The van der Waals surface area contributed by atoms with E-state index in [4.69, 9.17) is 9.26 Å². The predicted octanol–water partition coefficient (Wildman–Crippen LogP) is 4.55. The van der Waals surface area contributed by atoms with E-state index in [1.807, 2.05) is 50.2 Å². The van der Waals surface area contributed by atoms with E-state index in [0.29, 0.717) is 48.2 Å². The van der Waals surface area contributed by atoms with Crippen LogP contribution in [0.15, 0.2) is 82.2 Å². The van der Waals surface area contributed by atoms with Gasteiger partial charge in [0.1, 0.15) is 5.75 Å². The van der Waals surface area contributed by atoms with Crippen molar-refractivity contribution in [2.45, 2.75) is 37.5 Å². The van der Waals surface area contributed by atoms with E-state index in [9.17, 15) is 13.2 Å². The van der Waals surface area contributed by atoms with E-state index < -0.39 is 10.0 Å². The van der Waals surface area contributed by atoms with E-state index in [1.54, 1.807) is 24.3 Å². The van der Waals surface area contributed by atoms with Gasteiger partial charge in [-0.15, -0.1) is 0 Å². The normalized spacial score (nSPS) is 13.0. The highest BCUT2D eigenvalue weighted by Gasteiger charge is 2.30. The molecule has 196 valence electrons. The van der Waals surface area contributed by atoms with Crippen molar-refractivity contribution in [2.24, 2.45) is 0 Å². The van der Waals surface area contributed by atoms with Gasteiger partial charge < -0.3 is 14.6 Å². The molecule has 2 heterocycles. The lowest BCUT2D eigenvalue weighted by Gasteiger charge is -2.19. The Morgan fingerprint density at radius 2 is 1.79 bits per heavy atom. The van der Waals surface area contributed by atoms with Gasteiger partial charge in [-0.05, 0) is 60.0 Å². The Hall–Kier alpha value is -4.18. The molecule has 1 amide bonds. The van der Waals surface area contributed by atoms with Crippen LogP contribution in [0.2, 0.25) is 0 Å². The van der Waals surface area contributed by atoms with Gasteiger partial charge in [-0.1, -0.05) is 49.3 Å². The number of ether oxygens (including phenoxy) is 1. The summed E-state index contributed by atoms with van der Waals surface area (Å²) in [4.78, 5) is 16.9. The Morgan fingerprint density at radius 1 is 1.05 bits per heavy atom. The number of aromatic nitrogens is 2. The van der Waals surface area contributed by atoms with Crippen molar-refractivity contribution in [2.75, 3.05) is 22.8 Å². The van der Waals surface area contributed by atoms with E-state index in [0.717, 1.165) is 11.1 Å². The molecule has 3 aromatic carbocycles. The quantitative estimate of drug-likeness (QED) is 0.336. The SMILES string of the molecule is CC(C)c1nc(Cc2ccc(NC(=O)COc3ccc(S(=O)(=O)N4CCc5ccccc54)cc3)cc2)no1. The van der Waals surface area contributed by atoms with Crippen LogP contribution < -0.4 is 14.4 Å². The average molecular weight is 533 g/mol. The summed E-state index contributed by atoms with van der Waals surface area (Å²) in [5.74, 6) is 1.47. The fraction of sp³-hybridized carbons (Fsp3) is 0.250. The maximum atomic E-state index is 13.1. The summed E-state index contributed by atoms with van der Waals surface area (Å²) in [7, 11) is -3.68. The molecule has 0 saturated heterocycles. The highest BCUT2D eigenvalue weighted by Crippen LogP contribution is 2.33. The first-order valence-electron chi connectivity index (χ1n) is 12.3. The summed E-state index contributed by atoms with van der Waals surface area (Å²) >= 11 is 0. The average Bonchev–Trinajstić information content (AvgIpc) is 3.57. The third kappa shape index (κ3) is 5.55. The number of benzene rings is 3. The van der Waals surface area contributed by atoms with Gasteiger partial charge >= 0.3 is 0 Å². The van der Waals surface area contributed by atoms with Crippen LogP contribution in [0.5, 0.6) is 5.75 Å². The molecule has 0 spiro atoms. The number of amides is 1. The first-order valence-corrected chi connectivity index (χ1v) is 13.8. The monoisotopic (exact) mass is 532 g/mol. The van der Waals surface area contributed by atoms with E-state index in [1.165, 1.54) is 16.4 Å². The van der Waals surface area contributed by atoms with Crippen LogP contribution in [0.4, 0.5) is 11.4 Å². The van der Waals surface area contributed by atoms with Gasteiger partial charge in [-0.3, -0.25) is 9.10 Å². The van der Waals surface area contributed by atoms with Crippen molar-refractivity contribution in [3.63, 3.8) is 0 Å². The molecule has 0 atom stereocenters. The molecule has 1 N–H and O–H groups in total. The van der Waals surface area contributed by atoms with Crippen LogP contribution >= 0.6 is 0 Å². The standard InChI is InChI=1S/C28H28N4O5S/c1-19(2)28-30-26(31-37-28)17-20-7-9-22(10-8-20)29-27(33)18-36-23-11-13-24(14-12-23)38(34,35)32-16-15-21-5-3-4-6-25(21)32/h3-14,19H,15-18H2,1-2H3,(H,29,33). The van der Waals surface area contributed by atoms with Gasteiger partial charge in [0.05, 0.1) is 10.6 Å². The second-order valence-corrected chi connectivity index (χ2v) is 11.2. The predicted molar refractivity (Wildman–Crippen MR) is 143 cm³/mol. The van der Waals surface area contributed by atoms with E-state index >= 15 is 0 Å². The smallest absolute Gasteiger partial charge is 0.264 e. The number of hydrogen-bond donors (Lipinski definition) is 1. The van der Waals surface area contributed by atoms with Crippen LogP contribution in [0.25, 0.3) is 0 Å². The van der Waals surface area contributed by atoms with Crippen LogP contribution in [0, 0.1) is 0 Å². The molecule has 0 saturated carbocycles. The minimum Gasteiger partial charge on any atom is -0.484 e. The minimum absolute atomic E-state index is 0.173. The molecular weight excluding hydrogens is 504 g/mol. The number of rotatable bonds is 9. The number of nitrogens with one attached hydrogen (secondary N) is 1. The fourth-order valence-electron chi connectivity index (χ4n) is 4.20. The zero-order chi connectivity index (χ0) is 26.7. The summed E-state index contributed by atoms with van der Waals surface area (Å²) in [6.07, 6.45) is 1.22. The molecule has 0 unspecified atom stereocenters. The molecule has 0 bridgehead atoms. The van der Waals surface area contributed by atoms with Gasteiger partial charge in [0, 0.05) is 24.6 Å². The van der Waals surface area contributed by atoms with Crippen LogP contribution in [0.3, 0.4) is 0 Å². The molecule has 0 fully saturated rings. The number of para-hydroxylation sites is 1. The second kappa shape index (κ2) is 10.7. The van der Waals surface area contributed by atoms with Crippen molar-refractivity contribution in [3.05, 3.63) is 95.6 Å². The maximum Gasteiger partial charge on any atom is 0.264 e. The first kappa shape index (κ1) is 25.5. The van der Waals surface area contributed by atoms with Crippen molar-refractivity contribution >= 4 is 27.3 Å². The fourth-order valence-corrected chi connectivity index (χ4v) is 5.70. The largest absolute Gasteiger partial charge is 0.484 e. The molecule has 0 aliphatic carbocycles. The Labute approximate surface area is 221 Å². The van der Waals surface area contributed by atoms with Gasteiger partial charge in [0.25, 0.3) is 15.9 Å². The molecule has 10 heteroatoms. The molecular formula is C28H28N4O5S. The number of carbonyl (C=O) groups excluding carboxylic acids is 1. The lowest BCUT2D eigenvalue weighted by Crippen LogP contribution is -2.29. The van der Waals surface area contributed by atoms with Gasteiger partial charge in [-0.2, -0.15) is 4.98 Å². The van der Waals surface area contributed by atoms with Gasteiger partial charge in [0.2, 0.25) is 5.89 Å². The van der Waals surface area contributed by atoms with Gasteiger partial charge in [-0.25, -0.2) is 8.42 Å². The Bertz CT molecular complexity index is 1530. The number of fused-ring (bicyclic) bond motifs is 1. The maximum absolute atomic E-state index is 13.1. The number of carbonyl (C=O) groups is 1. The van der Waals surface area contributed by atoms with E-state index in [2.05, 4.69) is 15.5 Å². The molecule has 9 nitrogen and oxygen atoms in total. The first-order chi connectivity index (χ1) is 18.3. The number of sulfonamides is 1. The highest BCUT2D eigenvalue weighted by atomic mass is 32.2. The molecule has 1 aliphatic rings. The summed E-state index contributed by atoms with van der Waals surface area (Å²) in [6.45, 7) is 4.19. The summed E-state index contributed by atoms with van der Waals surface area (Å²) in [6, 6.07) is 21.0. The zero-order valence-electron chi connectivity index (χ0n) is 21.1. The minimum atomic E-state index is -3.68. The Morgan fingerprint density at radius 3 is 2.50 bits per heavy atom. The molecule has 1 aromatic heterocycles.